The van der Waals surface area contributed by atoms with Crippen molar-refractivity contribution in [2.24, 2.45) is 5.10 Å². The van der Waals surface area contributed by atoms with Crippen LogP contribution in [0, 0.1) is 0 Å². The average Bonchev–Trinajstić information content (AvgIpc) is 2.21. The summed E-state index contributed by atoms with van der Waals surface area (Å²) in [6, 6.07) is 0. The van der Waals surface area contributed by atoms with Gasteiger partial charge in [-0.2, -0.15) is 5.10 Å². The lowest BCUT2D eigenvalue weighted by Gasteiger charge is -2.22. The van der Waals surface area contributed by atoms with Gasteiger partial charge in [0.15, 0.2) is 0 Å². The SMILES string of the molecule is CCSSC(C)(C)CCC(=O)NN=C(C)C. The van der Waals surface area contributed by atoms with Crippen LogP contribution in [0.15, 0.2) is 5.10 Å². The predicted octanol–water partition coefficient (Wildman–Crippen LogP) is 3.46. The van der Waals surface area contributed by atoms with Crippen molar-refractivity contribution in [2.45, 2.75) is 52.2 Å². The Kier molecular flexibility index (Phi) is 7.93. The maximum Gasteiger partial charge on any atom is 0.240 e. The Morgan fingerprint density at radius 2 is 2.00 bits per heavy atom. The molecule has 94 valence electrons. The van der Waals surface area contributed by atoms with Crippen LogP contribution in [0.1, 0.15) is 47.5 Å². The van der Waals surface area contributed by atoms with Gasteiger partial charge in [0, 0.05) is 22.6 Å². The zero-order valence-electron chi connectivity index (χ0n) is 10.8. The van der Waals surface area contributed by atoms with Crippen LogP contribution in [-0.4, -0.2) is 22.1 Å². The number of nitrogens with zero attached hydrogens (tertiary/aromatic N) is 1. The van der Waals surface area contributed by atoms with Crippen molar-refractivity contribution in [3.8, 4) is 0 Å². The molecule has 0 fully saturated rings. The Balaban J connectivity index is 3.85. The summed E-state index contributed by atoms with van der Waals surface area (Å²) in [6.07, 6.45) is 1.40. The van der Waals surface area contributed by atoms with Crippen LogP contribution < -0.4 is 5.43 Å². The van der Waals surface area contributed by atoms with E-state index in [-0.39, 0.29) is 10.7 Å². The summed E-state index contributed by atoms with van der Waals surface area (Å²) in [5, 5.41) is 3.89. The summed E-state index contributed by atoms with van der Waals surface area (Å²) in [4.78, 5) is 11.4. The lowest BCUT2D eigenvalue weighted by molar-refractivity contribution is -0.121. The van der Waals surface area contributed by atoms with Crippen molar-refractivity contribution in [2.75, 3.05) is 5.75 Å². The molecule has 0 rings (SSSR count). The molecule has 16 heavy (non-hydrogen) atoms. The fraction of sp³-hybridized carbons (Fsp3) is 0.818. The van der Waals surface area contributed by atoms with E-state index in [1.807, 2.05) is 35.4 Å². The van der Waals surface area contributed by atoms with Crippen LogP contribution in [0.5, 0.6) is 0 Å². The third kappa shape index (κ3) is 9.09. The molecule has 3 nitrogen and oxygen atoms in total. The Morgan fingerprint density at radius 3 is 2.50 bits per heavy atom. The number of hydrazone groups is 1. The van der Waals surface area contributed by atoms with E-state index < -0.39 is 0 Å². The maximum absolute atomic E-state index is 11.4. The number of rotatable bonds is 7. The molecule has 0 aromatic rings. The first-order chi connectivity index (χ1) is 7.37. The minimum atomic E-state index is -0.00336. The number of carbonyl (C=O) groups excluding carboxylic acids is 1. The van der Waals surface area contributed by atoms with E-state index in [0.717, 1.165) is 17.9 Å². The lowest BCUT2D eigenvalue weighted by atomic mass is 10.1. The topological polar surface area (TPSA) is 41.5 Å². The molecule has 0 heterocycles. The van der Waals surface area contributed by atoms with Crippen molar-refractivity contribution in [3.05, 3.63) is 0 Å². The largest absolute Gasteiger partial charge is 0.273 e. The van der Waals surface area contributed by atoms with Crippen LogP contribution in [0.4, 0.5) is 0 Å². The van der Waals surface area contributed by atoms with Gasteiger partial charge in [-0.3, -0.25) is 4.79 Å². The normalized spacial score (nSPS) is 11.1. The second kappa shape index (κ2) is 8.01. The molecule has 0 aromatic carbocycles. The molecule has 5 heteroatoms. The van der Waals surface area contributed by atoms with Gasteiger partial charge in [0.05, 0.1) is 0 Å². The van der Waals surface area contributed by atoms with E-state index in [4.69, 9.17) is 0 Å². The minimum Gasteiger partial charge on any atom is -0.273 e. The van der Waals surface area contributed by atoms with Crippen molar-refractivity contribution in [1.29, 1.82) is 0 Å². The second-order valence-corrected chi connectivity index (χ2v) is 7.64. The molecule has 0 aromatic heterocycles. The van der Waals surface area contributed by atoms with E-state index in [1.54, 1.807) is 0 Å². The molecule has 0 saturated heterocycles. The van der Waals surface area contributed by atoms with Crippen LogP contribution in [0.3, 0.4) is 0 Å². The monoisotopic (exact) mass is 262 g/mol. The highest BCUT2D eigenvalue weighted by atomic mass is 33.1. The van der Waals surface area contributed by atoms with E-state index in [9.17, 15) is 4.79 Å². The summed E-state index contributed by atoms with van der Waals surface area (Å²) < 4.78 is 0.142. The molecular formula is C11H22N2OS2. The molecule has 0 aliphatic carbocycles. The first-order valence-electron chi connectivity index (χ1n) is 5.48. The van der Waals surface area contributed by atoms with Crippen molar-refractivity contribution >= 4 is 33.2 Å². The Labute approximate surface area is 107 Å². The molecule has 0 aliphatic rings. The second-order valence-electron chi connectivity index (χ2n) is 4.34. The number of hydrogen-bond acceptors (Lipinski definition) is 4. The summed E-state index contributed by atoms with van der Waals surface area (Å²) in [5.74, 6) is 1.09. The third-order valence-corrected chi connectivity index (χ3v) is 5.18. The molecule has 0 aliphatic heterocycles. The Bertz CT molecular complexity index is 248. The zero-order chi connectivity index (χ0) is 12.6. The van der Waals surface area contributed by atoms with Gasteiger partial charge >= 0.3 is 0 Å². The van der Waals surface area contributed by atoms with Crippen LogP contribution in [-0.2, 0) is 4.79 Å². The van der Waals surface area contributed by atoms with Crippen LogP contribution in [0.2, 0.25) is 0 Å². The number of nitrogens with one attached hydrogen (secondary N) is 1. The molecular weight excluding hydrogens is 240 g/mol. The smallest absolute Gasteiger partial charge is 0.240 e. The van der Waals surface area contributed by atoms with Gasteiger partial charge in [0.25, 0.3) is 0 Å². The maximum atomic E-state index is 11.4. The molecule has 0 bridgehead atoms. The van der Waals surface area contributed by atoms with Crippen molar-refractivity contribution in [3.63, 3.8) is 0 Å². The highest BCUT2D eigenvalue weighted by Crippen LogP contribution is 2.38. The molecule has 0 atom stereocenters. The van der Waals surface area contributed by atoms with Crippen LogP contribution >= 0.6 is 21.6 Å². The van der Waals surface area contributed by atoms with Crippen molar-refractivity contribution in [1.82, 2.24) is 5.43 Å². The summed E-state index contributed by atoms with van der Waals surface area (Å²) in [7, 11) is 3.69. The first kappa shape index (κ1) is 15.8. The van der Waals surface area contributed by atoms with Gasteiger partial charge in [-0.05, 0) is 34.1 Å². The van der Waals surface area contributed by atoms with Crippen LogP contribution in [0.25, 0.3) is 0 Å². The fourth-order valence-corrected chi connectivity index (χ4v) is 3.09. The Morgan fingerprint density at radius 1 is 1.38 bits per heavy atom. The van der Waals surface area contributed by atoms with Gasteiger partial charge in [-0.1, -0.05) is 28.5 Å². The number of amides is 1. The predicted molar refractivity (Wildman–Crippen MR) is 76.0 cm³/mol. The molecule has 1 amide bonds. The van der Waals surface area contributed by atoms with Gasteiger partial charge in [0.2, 0.25) is 5.91 Å². The Hall–Kier alpha value is -0.160. The van der Waals surface area contributed by atoms with Gasteiger partial charge in [0.1, 0.15) is 0 Å². The summed E-state index contributed by atoms with van der Waals surface area (Å²) in [6.45, 7) is 10.2. The summed E-state index contributed by atoms with van der Waals surface area (Å²) >= 11 is 0. The van der Waals surface area contributed by atoms with Gasteiger partial charge in [-0.25, -0.2) is 5.43 Å². The molecule has 0 saturated carbocycles. The fourth-order valence-electron chi connectivity index (χ4n) is 0.905. The van der Waals surface area contributed by atoms with Gasteiger partial charge in [-0.15, -0.1) is 0 Å². The quantitative estimate of drug-likeness (QED) is 0.434. The molecule has 0 radical (unpaired) electrons. The molecule has 1 N–H and O–H groups in total. The van der Waals surface area contributed by atoms with E-state index in [2.05, 4.69) is 31.3 Å². The highest BCUT2D eigenvalue weighted by Gasteiger charge is 2.19. The standard InChI is InChI=1S/C11H22N2OS2/c1-6-15-16-11(4,5)8-7-10(14)13-12-9(2)3/h6-8H2,1-5H3,(H,13,14). The average molecular weight is 262 g/mol. The number of hydrogen-bond donors (Lipinski definition) is 1. The van der Waals surface area contributed by atoms with E-state index in [1.165, 1.54) is 0 Å². The minimum absolute atomic E-state index is 0.00336. The lowest BCUT2D eigenvalue weighted by Crippen LogP contribution is -2.22. The zero-order valence-corrected chi connectivity index (χ0v) is 12.4. The van der Waals surface area contributed by atoms with Crippen molar-refractivity contribution < 1.29 is 4.79 Å². The van der Waals surface area contributed by atoms with E-state index >= 15 is 0 Å². The first-order valence-corrected chi connectivity index (χ1v) is 7.79. The highest BCUT2D eigenvalue weighted by molar-refractivity contribution is 8.77. The third-order valence-electron chi connectivity index (χ3n) is 1.76. The van der Waals surface area contributed by atoms with E-state index in [0.29, 0.717) is 6.42 Å². The molecule has 0 unspecified atom stereocenters. The van der Waals surface area contributed by atoms with Gasteiger partial charge < -0.3 is 0 Å². The summed E-state index contributed by atoms with van der Waals surface area (Å²) in [5.41, 5.74) is 3.41. The molecule has 0 spiro atoms. The number of carbonyl (C=O) groups is 1.